The Balaban J connectivity index is 2.73. The number of esters is 1. The highest BCUT2D eigenvalue weighted by Crippen LogP contribution is 2.13. The number of nitrogens with zero attached hydrogens (tertiary/aromatic N) is 1. The van der Waals surface area contributed by atoms with Gasteiger partial charge in [0.25, 0.3) is 0 Å². The van der Waals surface area contributed by atoms with Crippen LogP contribution >= 0.6 is 0 Å². The van der Waals surface area contributed by atoms with E-state index in [9.17, 15) is 9.59 Å². The van der Waals surface area contributed by atoms with E-state index in [2.05, 4.69) is 0 Å². The summed E-state index contributed by atoms with van der Waals surface area (Å²) in [5, 5.41) is 8.77. The summed E-state index contributed by atoms with van der Waals surface area (Å²) in [6.45, 7) is 5.16. The molecule has 1 amide bonds. The lowest BCUT2D eigenvalue weighted by atomic mass is 10.1. The molecule has 0 spiro atoms. The van der Waals surface area contributed by atoms with Crippen LogP contribution in [0.1, 0.15) is 19.4 Å². The van der Waals surface area contributed by atoms with Gasteiger partial charge in [0, 0.05) is 19.2 Å². The normalized spacial score (nSPS) is 12.0. The van der Waals surface area contributed by atoms with E-state index in [0.29, 0.717) is 13.2 Å². The van der Waals surface area contributed by atoms with Gasteiger partial charge in [0.1, 0.15) is 5.75 Å². The number of carbonyl (C=O) groups is 2. The predicted molar refractivity (Wildman–Crippen MR) is 102 cm³/mol. The maximum absolute atomic E-state index is 12.6. The molecule has 150 valence electrons. The largest absolute Gasteiger partial charge is 0.494 e. The van der Waals surface area contributed by atoms with Gasteiger partial charge >= 0.3 is 5.97 Å². The first-order chi connectivity index (χ1) is 13.0. The molecule has 0 heterocycles. The zero-order valence-electron chi connectivity index (χ0n) is 16.2. The van der Waals surface area contributed by atoms with E-state index in [1.807, 2.05) is 31.2 Å². The third-order valence-electron chi connectivity index (χ3n) is 3.76. The van der Waals surface area contributed by atoms with Crippen molar-refractivity contribution in [1.82, 2.24) is 4.90 Å². The van der Waals surface area contributed by atoms with Crippen LogP contribution in [0.3, 0.4) is 0 Å². The fraction of sp³-hybridized carbons (Fsp3) is 0.500. The molecule has 1 aromatic rings. The van der Waals surface area contributed by atoms with Gasteiger partial charge in [0.15, 0.2) is 0 Å². The molecule has 7 heteroatoms. The van der Waals surface area contributed by atoms with Gasteiger partial charge in [-0.05, 0) is 30.7 Å². The predicted octanol–water partition coefficient (Wildman–Crippen LogP) is 1.75. The van der Waals surface area contributed by atoms with Crippen molar-refractivity contribution in [3.63, 3.8) is 0 Å². The van der Waals surface area contributed by atoms with E-state index in [4.69, 9.17) is 19.3 Å². The molecule has 0 fully saturated rings. The molecule has 0 bridgehead atoms. The van der Waals surface area contributed by atoms with E-state index in [0.717, 1.165) is 11.3 Å². The van der Waals surface area contributed by atoms with E-state index in [1.165, 1.54) is 18.1 Å². The number of methoxy groups -OCH3 is 1. The molecule has 0 aliphatic rings. The minimum Gasteiger partial charge on any atom is -0.494 e. The summed E-state index contributed by atoms with van der Waals surface area (Å²) in [7, 11) is 1.32. The highest BCUT2D eigenvalue weighted by molar-refractivity contribution is 5.92. The van der Waals surface area contributed by atoms with Crippen LogP contribution in [-0.4, -0.2) is 68.5 Å². The van der Waals surface area contributed by atoms with Crippen LogP contribution in [0, 0.1) is 5.92 Å². The number of benzene rings is 1. The van der Waals surface area contributed by atoms with Gasteiger partial charge in [-0.15, -0.1) is 0 Å². The van der Waals surface area contributed by atoms with Crippen molar-refractivity contribution in [1.29, 1.82) is 0 Å². The summed E-state index contributed by atoms with van der Waals surface area (Å²) >= 11 is 0. The van der Waals surface area contributed by atoms with Crippen LogP contribution < -0.4 is 4.74 Å². The summed E-state index contributed by atoms with van der Waals surface area (Å²) in [5.41, 5.74) is 0.865. The minimum atomic E-state index is -0.448. The SMILES string of the molecule is CCOc1ccc(/C=C/C(=O)N(CCOCCO)CC(C)C(=O)OC)cc1. The molecule has 0 radical (unpaired) electrons. The van der Waals surface area contributed by atoms with Crippen molar-refractivity contribution < 1.29 is 28.9 Å². The van der Waals surface area contributed by atoms with Crippen molar-refractivity contribution in [3.05, 3.63) is 35.9 Å². The minimum absolute atomic E-state index is 0.0792. The lowest BCUT2D eigenvalue weighted by Crippen LogP contribution is -2.38. The average molecular weight is 379 g/mol. The quantitative estimate of drug-likeness (QED) is 0.338. The van der Waals surface area contributed by atoms with Gasteiger partial charge in [-0.2, -0.15) is 0 Å². The fourth-order valence-electron chi connectivity index (χ4n) is 2.35. The molecule has 0 aliphatic heterocycles. The van der Waals surface area contributed by atoms with E-state index in [1.54, 1.807) is 13.0 Å². The van der Waals surface area contributed by atoms with Crippen LogP contribution in [-0.2, 0) is 19.1 Å². The summed E-state index contributed by atoms with van der Waals surface area (Å²) in [6.07, 6.45) is 3.17. The van der Waals surface area contributed by atoms with Gasteiger partial charge in [-0.1, -0.05) is 19.1 Å². The number of hydrogen-bond acceptors (Lipinski definition) is 6. The third kappa shape index (κ3) is 8.70. The number of aliphatic hydroxyl groups is 1. The lowest BCUT2D eigenvalue weighted by molar-refractivity contribution is -0.146. The number of rotatable bonds is 12. The second kappa shape index (κ2) is 12.9. The van der Waals surface area contributed by atoms with Crippen molar-refractivity contribution >= 4 is 18.0 Å². The summed E-state index contributed by atoms with van der Waals surface area (Å²) in [6, 6.07) is 7.40. The second-order valence-corrected chi connectivity index (χ2v) is 5.88. The molecule has 1 unspecified atom stereocenters. The van der Waals surface area contributed by atoms with E-state index >= 15 is 0 Å². The molecule has 0 aliphatic carbocycles. The summed E-state index contributed by atoms with van der Waals surface area (Å²) < 4.78 is 15.3. The van der Waals surface area contributed by atoms with Crippen molar-refractivity contribution in [3.8, 4) is 5.75 Å². The highest BCUT2D eigenvalue weighted by Gasteiger charge is 2.20. The molecule has 0 saturated carbocycles. The second-order valence-electron chi connectivity index (χ2n) is 5.88. The monoisotopic (exact) mass is 379 g/mol. The van der Waals surface area contributed by atoms with Crippen LogP contribution in [0.5, 0.6) is 5.75 Å². The standard InChI is InChI=1S/C20H29NO6/c1-4-27-18-8-5-17(6-9-18)7-10-19(23)21(11-13-26-14-12-22)15-16(2)20(24)25-3/h5-10,16,22H,4,11-15H2,1-3H3/b10-7+. The van der Waals surface area contributed by atoms with Gasteiger partial charge in [-0.3, -0.25) is 9.59 Å². The Labute approximate surface area is 160 Å². The fourth-order valence-corrected chi connectivity index (χ4v) is 2.35. The highest BCUT2D eigenvalue weighted by atomic mass is 16.5. The number of amides is 1. The molecule has 0 aromatic heterocycles. The lowest BCUT2D eigenvalue weighted by Gasteiger charge is -2.23. The van der Waals surface area contributed by atoms with Crippen LogP contribution in [0.4, 0.5) is 0 Å². The van der Waals surface area contributed by atoms with Crippen molar-refractivity contribution in [2.24, 2.45) is 5.92 Å². The Morgan fingerprint density at radius 3 is 2.52 bits per heavy atom. The first kappa shape index (κ1) is 22.7. The van der Waals surface area contributed by atoms with Gasteiger partial charge < -0.3 is 24.2 Å². The summed E-state index contributed by atoms with van der Waals surface area (Å²) in [4.78, 5) is 25.7. The topological polar surface area (TPSA) is 85.3 Å². The molecule has 1 atom stereocenters. The number of aliphatic hydroxyl groups excluding tert-OH is 1. The zero-order chi connectivity index (χ0) is 20.1. The average Bonchev–Trinajstić information content (AvgIpc) is 2.68. The van der Waals surface area contributed by atoms with Crippen molar-refractivity contribution in [2.45, 2.75) is 13.8 Å². The van der Waals surface area contributed by atoms with Gasteiger partial charge in [0.05, 0.1) is 39.5 Å². The Bertz CT molecular complexity index is 599. The molecular weight excluding hydrogens is 350 g/mol. The molecule has 1 rings (SSSR count). The number of ether oxygens (including phenoxy) is 3. The number of hydrogen-bond donors (Lipinski definition) is 1. The molecule has 27 heavy (non-hydrogen) atoms. The van der Waals surface area contributed by atoms with Crippen LogP contribution in [0.25, 0.3) is 6.08 Å². The molecule has 7 nitrogen and oxygen atoms in total. The number of carbonyl (C=O) groups excluding carboxylic acids is 2. The summed E-state index contributed by atoms with van der Waals surface area (Å²) in [5.74, 6) is -0.280. The molecule has 0 saturated heterocycles. The maximum atomic E-state index is 12.6. The van der Waals surface area contributed by atoms with E-state index in [-0.39, 0.29) is 38.2 Å². The zero-order valence-corrected chi connectivity index (χ0v) is 16.2. The van der Waals surface area contributed by atoms with Crippen LogP contribution in [0.2, 0.25) is 0 Å². The first-order valence-electron chi connectivity index (χ1n) is 8.98. The first-order valence-corrected chi connectivity index (χ1v) is 8.98. The van der Waals surface area contributed by atoms with Gasteiger partial charge in [0.2, 0.25) is 5.91 Å². The van der Waals surface area contributed by atoms with E-state index < -0.39 is 5.92 Å². The van der Waals surface area contributed by atoms with Gasteiger partial charge in [-0.25, -0.2) is 0 Å². The molecule has 1 N–H and O–H groups in total. The maximum Gasteiger partial charge on any atom is 0.310 e. The molecule has 1 aromatic carbocycles. The Kier molecular flexibility index (Phi) is 10.8. The Morgan fingerprint density at radius 2 is 1.93 bits per heavy atom. The smallest absolute Gasteiger partial charge is 0.310 e. The van der Waals surface area contributed by atoms with Crippen LogP contribution in [0.15, 0.2) is 30.3 Å². The Hall–Kier alpha value is -2.38. The third-order valence-corrected chi connectivity index (χ3v) is 3.76. The van der Waals surface area contributed by atoms with Crippen molar-refractivity contribution in [2.75, 3.05) is 46.6 Å². The Morgan fingerprint density at radius 1 is 1.22 bits per heavy atom. The molecular formula is C20H29NO6.